The third kappa shape index (κ3) is 6.12. The van der Waals surface area contributed by atoms with E-state index in [2.05, 4.69) is 56.7 Å². The van der Waals surface area contributed by atoms with Gasteiger partial charge in [-0.15, -0.1) is 0 Å². The first-order valence-electron chi connectivity index (χ1n) is 8.01. The maximum Gasteiger partial charge on any atom is 0.195 e. The Bertz CT molecular complexity index is 279. The Morgan fingerprint density at radius 2 is 1.65 bits per heavy atom. The molecule has 0 unspecified atom stereocenters. The van der Waals surface area contributed by atoms with Gasteiger partial charge in [0.2, 0.25) is 0 Å². The van der Waals surface area contributed by atoms with E-state index in [-0.39, 0.29) is 0 Å². The van der Waals surface area contributed by atoms with Crippen LogP contribution in [0.3, 0.4) is 0 Å². The SMILES string of the molecule is CC(C)CCN1CCC(CN=C(N(C)C)N(C)C)CC1. The second-order valence-corrected chi connectivity index (χ2v) is 6.90. The molecule has 0 radical (unpaired) electrons. The van der Waals surface area contributed by atoms with Crippen molar-refractivity contribution in [1.82, 2.24) is 14.7 Å². The summed E-state index contributed by atoms with van der Waals surface area (Å²) in [5.74, 6) is 2.66. The predicted octanol–water partition coefficient (Wildman–Crippen LogP) is 2.22. The van der Waals surface area contributed by atoms with Crippen molar-refractivity contribution in [2.75, 3.05) is 54.4 Å². The smallest absolute Gasteiger partial charge is 0.195 e. The quantitative estimate of drug-likeness (QED) is 0.570. The number of rotatable bonds is 5. The topological polar surface area (TPSA) is 22.1 Å². The van der Waals surface area contributed by atoms with Crippen LogP contribution in [-0.4, -0.2) is 75.0 Å². The highest BCUT2D eigenvalue weighted by molar-refractivity contribution is 5.79. The molecule has 1 aliphatic heterocycles. The Hall–Kier alpha value is -0.770. The average molecular weight is 282 g/mol. The molecule has 4 heteroatoms. The summed E-state index contributed by atoms with van der Waals surface area (Å²) >= 11 is 0. The van der Waals surface area contributed by atoms with Crippen molar-refractivity contribution < 1.29 is 0 Å². The molecule has 0 atom stereocenters. The largest absolute Gasteiger partial charge is 0.349 e. The number of nitrogens with zero attached hydrogens (tertiary/aromatic N) is 4. The summed E-state index contributed by atoms with van der Waals surface area (Å²) in [5.41, 5.74) is 0. The minimum absolute atomic E-state index is 0.764. The van der Waals surface area contributed by atoms with Crippen LogP contribution in [0.25, 0.3) is 0 Å². The monoisotopic (exact) mass is 282 g/mol. The first kappa shape index (κ1) is 17.3. The van der Waals surface area contributed by atoms with Gasteiger partial charge in [-0.3, -0.25) is 4.99 Å². The molecule has 20 heavy (non-hydrogen) atoms. The van der Waals surface area contributed by atoms with Crippen molar-refractivity contribution in [3.8, 4) is 0 Å². The molecule has 0 aliphatic carbocycles. The average Bonchev–Trinajstić information content (AvgIpc) is 2.37. The van der Waals surface area contributed by atoms with Gasteiger partial charge in [0, 0.05) is 34.7 Å². The first-order chi connectivity index (χ1) is 9.40. The fourth-order valence-corrected chi connectivity index (χ4v) is 2.73. The number of hydrogen-bond donors (Lipinski definition) is 0. The second-order valence-electron chi connectivity index (χ2n) is 6.90. The van der Waals surface area contributed by atoms with Gasteiger partial charge in [0.05, 0.1) is 0 Å². The summed E-state index contributed by atoms with van der Waals surface area (Å²) in [5, 5.41) is 0. The van der Waals surface area contributed by atoms with Gasteiger partial charge in [0.15, 0.2) is 5.96 Å². The Labute approximate surface area is 125 Å². The Morgan fingerprint density at radius 1 is 1.10 bits per heavy atom. The molecule has 1 saturated heterocycles. The minimum atomic E-state index is 0.764. The van der Waals surface area contributed by atoms with Gasteiger partial charge in [0.25, 0.3) is 0 Å². The zero-order valence-electron chi connectivity index (χ0n) is 14.4. The molecular formula is C16H34N4. The van der Waals surface area contributed by atoms with Crippen LogP contribution in [0.2, 0.25) is 0 Å². The normalized spacial score (nSPS) is 17.4. The fourth-order valence-electron chi connectivity index (χ4n) is 2.73. The zero-order chi connectivity index (χ0) is 15.1. The molecule has 0 aromatic carbocycles. The van der Waals surface area contributed by atoms with Crippen molar-refractivity contribution in [3.63, 3.8) is 0 Å². The molecule has 0 N–H and O–H groups in total. The highest BCUT2D eigenvalue weighted by Gasteiger charge is 2.19. The van der Waals surface area contributed by atoms with Crippen LogP contribution < -0.4 is 0 Å². The van der Waals surface area contributed by atoms with Crippen molar-refractivity contribution in [3.05, 3.63) is 0 Å². The predicted molar refractivity (Wildman–Crippen MR) is 88.3 cm³/mol. The Morgan fingerprint density at radius 3 is 2.10 bits per heavy atom. The van der Waals surface area contributed by atoms with Gasteiger partial charge in [-0.1, -0.05) is 13.8 Å². The van der Waals surface area contributed by atoms with Gasteiger partial charge < -0.3 is 14.7 Å². The van der Waals surface area contributed by atoms with Crippen LogP contribution in [-0.2, 0) is 0 Å². The van der Waals surface area contributed by atoms with Gasteiger partial charge in [0.1, 0.15) is 0 Å². The van der Waals surface area contributed by atoms with E-state index in [4.69, 9.17) is 4.99 Å². The molecule has 1 heterocycles. The zero-order valence-corrected chi connectivity index (χ0v) is 14.4. The second kappa shape index (κ2) is 8.50. The number of piperidine rings is 1. The van der Waals surface area contributed by atoms with Crippen LogP contribution >= 0.6 is 0 Å². The summed E-state index contributed by atoms with van der Waals surface area (Å²) in [6.07, 6.45) is 3.93. The number of hydrogen-bond acceptors (Lipinski definition) is 2. The molecule has 0 saturated carbocycles. The lowest BCUT2D eigenvalue weighted by molar-refractivity contribution is 0.179. The van der Waals surface area contributed by atoms with E-state index >= 15 is 0 Å². The fraction of sp³-hybridized carbons (Fsp3) is 0.938. The molecule has 118 valence electrons. The molecule has 1 fully saturated rings. The number of aliphatic imine (C=N–C) groups is 1. The maximum atomic E-state index is 4.80. The van der Waals surface area contributed by atoms with E-state index in [0.29, 0.717) is 0 Å². The van der Waals surface area contributed by atoms with Crippen LogP contribution in [0, 0.1) is 11.8 Å². The molecule has 4 nitrogen and oxygen atoms in total. The number of likely N-dealkylation sites (tertiary alicyclic amines) is 1. The minimum Gasteiger partial charge on any atom is -0.349 e. The van der Waals surface area contributed by atoms with E-state index in [1.165, 1.54) is 38.9 Å². The Balaban J connectivity index is 2.33. The van der Waals surface area contributed by atoms with E-state index in [1.807, 2.05) is 0 Å². The van der Waals surface area contributed by atoms with Crippen molar-refractivity contribution in [2.24, 2.45) is 16.8 Å². The van der Waals surface area contributed by atoms with E-state index < -0.39 is 0 Å². The lowest BCUT2D eigenvalue weighted by Gasteiger charge is -2.32. The van der Waals surface area contributed by atoms with Crippen LogP contribution in [0.4, 0.5) is 0 Å². The summed E-state index contributed by atoms with van der Waals surface area (Å²) in [4.78, 5) is 11.6. The van der Waals surface area contributed by atoms with Gasteiger partial charge in [-0.2, -0.15) is 0 Å². The molecule has 0 aromatic rings. The summed E-state index contributed by atoms with van der Waals surface area (Å²) < 4.78 is 0. The van der Waals surface area contributed by atoms with Gasteiger partial charge >= 0.3 is 0 Å². The molecular weight excluding hydrogens is 248 g/mol. The standard InChI is InChI=1S/C16H34N4/c1-14(2)7-10-20-11-8-15(9-12-20)13-17-16(18(3)4)19(5)6/h14-15H,7-13H2,1-6H3. The van der Waals surface area contributed by atoms with Crippen molar-refractivity contribution in [2.45, 2.75) is 33.1 Å². The molecule has 0 amide bonds. The molecule has 1 rings (SSSR count). The third-order valence-electron chi connectivity index (χ3n) is 4.02. The summed E-state index contributed by atoms with van der Waals surface area (Å²) in [6.45, 7) is 9.38. The molecule has 0 aromatic heterocycles. The lowest BCUT2D eigenvalue weighted by atomic mass is 9.96. The van der Waals surface area contributed by atoms with Crippen molar-refractivity contribution in [1.29, 1.82) is 0 Å². The molecule has 0 spiro atoms. The number of guanidine groups is 1. The lowest BCUT2D eigenvalue weighted by Crippen LogP contribution is -2.38. The molecule has 1 aliphatic rings. The Kier molecular flexibility index (Phi) is 7.35. The van der Waals surface area contributed by atoms with E-state index in [9.17, 15) is 0 Å². The van der Waals surface area contributed by atoms with Crippen molar-refractivity contribution >= 4 is 5.96 Å². The maximum absolute atomic E-state index is 4.80. The molecule has 0 bridgehead atoms. The van der Waals surface area contributed by atoms with Gasteiger partial charge in [-0.25, -0.2) is 0 Å². The van der Waals surface area contributed by atoms with Crippen LogP contribution in [0.1, 0.15) is 33.1 Å². The van der Waals surface area contributed by atoms with Crippen LogP contribution in [0.15, 0.2) is 4.99 Å². The summed E-state index contributed by atoms with van der Waals surface area (Å²) in [7, 11) is 8.25. The third-order valence-corrected chi connectivity index (χ3v) is 4.02. The highest BCUT2D eigenvalue weighted by atomic mass is 15.3. The van der Waals surface area contributed by atoms with E-state index in [1.54, 1.807) is 0 Å². The first-order valence-corrected chi connectivity index (χ1v) is 8.01. The van der Waals surface area contributed by atoms with E-state index in [0.717, 1.165) is 24.3 Å². The summed E-state index contributed by atoms with van der Waals surface area (Å²) in [6, 6.07) is 0. The van der Waals surface area contributed by atoms with Crippen LogP contribution in [0.5, 0.6) is 0 Å². The van der Waals surface area contributed by atoms with Gasteiger partial charge in [-0.05, 0) is 50.7 Å². The highest BCUT2D eigenvalue weighted by Crippen LogP contribution is 2.18.